The zero-order chi connectivity index (χ0) is 16.4. The van der Waals surface area contributed by atoms with Gasteiger partial charge in [0.2, 0.25) is 0 Å². The Kier molecular flexibility index (Phi) is 4.43. The van der Waals surface area contributed by atoms with E-state index in [0.717, 1.165) is 17.8 Å². The van der Waals surface area contributed by atoms with Gasteiger partial charge in [0.05, 0.1) is 6.20 Å². The minimum atomic E-state index is -0.0914. The van der Waals surface area contributed by atoms with Gasteiger partial charge in [-0.3, -0.25) is 14.8 Å². The molecule has 0 spiro atoms. The van der Waals surface area contributed by atoms with Crippen molar-refractivity contribution in [3.63, 3.8) is 0 Å². The average molecular weight is 330 g/mol. The van der Waals surface area contributed by atoms with Crippen molar-refractivity contribution in [1.29, 1.82) is 0 Å². The highest BCUT2D eigenvalue weighted by Crippen LogP contribution is 2.38. The lowest BCUT2D eigenvalue weighted by atomic mass is 9.70. The van der Waals surface area contributed by atoms with Crippen molar-refractivity contribution in [2.45, 2.75) is 46.1 Å². The maximum atomic E-state index is 12.5. The van der Waals surface area contributed by atoms with Crippen LogP contribution in [0.25, 0.3) is 10.7 Å². The van der Waals surface area contributed by atoms with Gasteiger partial charge in [-0.25, -0.2) is 4.98 Å². The van der Waals surface area contributed by atoms with Gasteiger partial charge in [-0.1, -0.05) is 20.8 Å². The van der Waals surface area contributed by atoms with Crippen LogP contribution in [0.4, 0.5) is 0 Å². The molecule has 0 radical (unpaired) electrons. The Labute approximate surface area is 140 Å². The summed E-state index contributed by atoms with van der Waals surface area (Å²) in [6, 6.07) is 0.225. The van der Waals surface area contributed by atoms with E-state index in [9.17, 15) is 4.79 Å². The number of hydrogen-bond acceptors (Lipinski definition) is 5. The molecule has 2 atom stereocenters. The van der Waals surface area contributed by atoms with Gasteiger partial charge >= 0.3 is 0 Å². The molecule has 1 aliphatic rings. The van der Waals surface area contributed by atoms with Gasteiger partial charge in [-0.2, -0.15) is 0 Å². The van der Waals surface area contributed by atoms with Gasteiger partial charge in [0, 0.05) is 23.8 Å². The van der Waals surface area contributed by atoms with Gasteiger partial charge < -0.3 is 5.32 Å². The Hall–Kier alpha value is -1.82. The highest BCUT2D eigenvalue weighted by Gasteiger charge is 2.33. The Morgan fingerprint density at radius 2 is 2.17 bits per heavy atom. The number of rotatable bonds is 3. The Morgan fingerprint density at radius 1 is 1.35 bits per heavy atom. The number of hydrogen-bond donors (Lipinski definition) is 1. The topological polar surface area (TPSA) is 67.8 Å². The number of nitrogens with one attached hydrogen (secondary N) is 1. The second-order valence-corrected chi connectivity index (χ2v) is 8.07. The second-order valence-electron chi connectivity index (χ2n) is 7.21. The number of carbonyl (C=O) groups excluding carboxylic acids is 1. The summed E-state index contributed by atoms with van der Waals surface area (Å²) in [5.41, 5.74) is 1.44. The third kappa shape index (κ3) is 3.93. The molecule has 0 saturated heterocycles. The summed E-state index contributed by atoms with van der Waals surface area (Å²) in [6.45, 7) is 6.81. The standard InChI is InChI=1S/C17H22N4OS/c1-11-6-12(8-17(2,3)7-11)20-15(22)14-10-23-16(21-14)13-9-18-4-5-19-13/h4-5,9-12H,6-8H2,1-3H3,(H,20,22). The van der Waals surface area contributed by atoms with E-state index < -0.39 is 0 Å². The smallest absolute Gasteiger partial charge is 0.270 e. The van der Waals surface area contributed by atoms with Gasteiger partial charge in [0.1, 0.15) is 16.4 Å². The Morgan fingerprint density at radius 3 is 2.87 bits per heavy atom. The molecule has 1 N–H and O–H groups in total. The maximum absolute atomic E-state index is 12.5. The lowest BCUT2D eigenvalue weighted by Crippen LogP contribution is -2.43. The molecule has 2 aromatic rings. The maximum Gasteiger partial charge on any atom is 0.270 e. The van der Waals surface area contributed by atoms with Crippen LogP contribution in [0.5, 0.6) is 0 Å². The molecule has 1 saturated carbocycles. The van der Waals surface area contributed by atoms with E-state index in [1.54, 1.807) is 24.0 Å². The molecule has 23 heavy (non-hydrogen) atoms. The first-order valence-electron chi connectivity index (χ1n) is 7.96. The normalized spacial score (nSPS) is 23.4. The number of thiazole rings is 1. The van der Waals surface area contributed by atoms with Gasteiger partial charge in [-0.05, 0) is 30.6 Å². The van der Waals surface area contributed by atoms with Gasteiger partial charge in [0.15, 0.2) is 0 Å². The SMILES string of the molecule is CC1CC(NC(=O)c2csc(-c3cnccn3)n2)CC(C)(C)C1. The number of amides is 1. The first-order chi connectivity index (χ1) is 10.9. The monoisotopic (exact) mass is 330 g/mol. The van der Waals surface area contributed by atoms with Crippen LogP contribution in [0.3, 0.4) is 0 Å². The van der Waals surface area contributed by atoms with Crippen LogP contribution in [0.1, 0.15) is 50.5 Å². The van der Waals surface area contributed by atoms with E-state index >= 15 is 0 Å². The molecule has 2 unspecified atom stereocenters. The van der Waals surface area contributed by atoms with Crippen molar-refractivity contribution in [2.24, 2.45) is 11.3 Å². The van der Waals surface area contributed by atoms with Crippen molar-refractivity contribution in [2.75, 3.05) is 0 Å². The zero-order valence-corrected chi connectivity index (χ0v) is 14.6. The lowest BCUT2D eigenvalue weighted by Gasteiger charge is -2.39. The minimum absolute atomic E-state index is 0.0914. The van der Waals surface area contributed by atoms with E-state index in [2.05, 4.69) is 41.0 Å². The quantitative estimate of drug-likeness (QED) is 0.934. The molecule has 3 rings (SSSR count). The molecule has 1 fully saturated rings. The third-order valence-electron chi connectivity index (χ3n) is 4.24. The summed E-state index contributed by atoms with van der Waals surface area (Å²) in [4.78, 5) is 25.1. The molecule has 0 bridgehead atoms. The summed E-state index contributed by atoms with van der Waals surface area (Å²) in [5, 5.41) is 5.67. The molecule has 6 heteroatoms. The molecule has 2 aromatic heterocycles. The lowest BCUT2D eigenvalue weighted by molar-refractivity contribution is 0.0870. The molecule has 0 aromatic carbocycles. The van der Waals surface area contributed by atoms with Crippen LogP contribution >= 0.6 is 11.3 Å². The average Bonchev–Trinajstić information content (AvgIpc) is 2.96. The fraction of sp³-hybridized carbons (Fsp3) is 0.529. The predicted octanol–water partition coefficient (Wildman–Crippen LogP) is 3.54. The van der Waals surface area contributed by atoms with E-state index in [1.807, 2.05) is 0 Å². The minimum Gasteiger partial charge on any atom is -0.348 e. The van der Waals surface area contributed by atoms with Crippen LogP contribution in [-0.4, -0.2) is 26.9 Å². The van der Waals surface area contributed by atoms with Crippen LogP contribution < -0.4 is 5.32 Å². The molecule has 2 heterocycles. The molecule has 1 aliphatic carbocycles. The molecule has 5 nitrogen and oxygen atoms in total. The summed E-state index contributed by atoms with van der Waals surface area (Å²) >= 11 is 1.42. The molecular formula is C17H22N4OS. The number of carbonyl (C=O) groups is 1. The van der Waals surface area contributed by atoms with E-state index in [-0.39, 0.29) is 17.4 Å². The highest BCUT2D eigenvalue weighted by atomic mass is 32.1. The number of nitrogens with zero attached hydrogens (tertiary/aromatic N) is 3. The predicted molar refractivity (Wildman–Crippen MR) is 91.2 cm³/mol. The largest absolute Gasteiger partial charge is 0.348 e. The van der Waals surface area contributed by atoms with E-state index in [0.29, 0.717) is 17.3 Å². The van der Waals surface area contributed by atoms with E-state index in [4.69, 9.17) is 0 Å². The van der Waals surface area contributed by atoms with Crippen molar-refractivity contribution >= 4 is 17.2 Å². The highest BCUT2D eigenvalue weighted by molar-refractivity contribution is 7.13. The summed E-state index contributed by atoms with van der Waals surface area (Å²) < 4.78 is 0. The van der Waals surface area contributed by atoms with Crippen molar-refractivity contribution in [3.05, 3.63) is 29.7 Å². The van der Waals surface area contributed by atoms with Crippen LogP contribution in [0.15, 0.2) is 24.0 Å². The molecule has 0 aliphatic heterocycles. The van der Waals surface area contributed by atoms with E-state index in [1.165, 1.54) is 17.8 Å². The summed E-state index contributed by atoms with van der Waals surface area (Å²) in [5.74, 6) is 0.543. The van der Waals surface area contributed by atoms with Crippen LogP contribution in [-0.2, 0) is 0 Å². The van der Waals surface area contributed by atoms with Crippen molar-refractivity contribution in [3.8, 4) is 10.7 Å². The first-order valence-corrected chi connectivity index (χ1v) is 8.84. The summed E-state index contributed by atoms with van der Waals surface area (Å²) in [7, 11) is 0. The number of aromatic nitrogens is 3. The first kappa shape index (κ1) is 16.1. The Bertz CT molecular complexity index is 683. The second kappa shape index (κ2) is 6.35. The zero-order valence-electron chi connectivity index (χ0n) is 13.7. The molecule has 1 amide bonds. The third-order valence-corrected chi connectivity index (χ3v) is 5.11. The molecule has 122 valence electrons. The van der Waals surface area contributed by atoms with Crippen molar-refractivity contribution < 1.29 is 4.79 Å². The van der Waals surface area contributed by atoms with Gasteiger partial charge in [-0.15, -0.1) is 11.3 Å². The van der Waals surface area contributed by atoms with Crippen LogP contribution in [0, 0.1) is 11.3 Å². The fourth-order valence-corrected chi connectivity index (χ4v) is 4.38. The summed E-state index contributed by atoms with van der Waals surface area (Å²) in [6.07, 6.45) is 8.18. The Balaban J connectivity index is 1.68. The van der Waals surface area contributed by atoms with Crippen LogP contribution in [0.2, 0.25) is 0 Å². The fourth-order valence-electron chi connectivity index (χ4n) is 3.62. The van der Waals surface area contributed by atoms with Crippen molar-refractivity contribution in [1.82, 2.24) is 20.3 Å². The van der Waals surface area contributed by atoms with Gasteiger partial charge in [0.25, 0.3) is 5.91 Å². The molecular weight excluding hydrogens is 308 g/mol.